The molecule has 0 N–H and O–H groups in total. The first-order valence-electron chi connectivity index (χ1n) is 9.45. The summed E-state index contributed by atoms with van der Waals surface area (Å²) in [6, 6.07) is 11.5. The van der Waals surface area contributed by atoms with Gasteiger partial charge < -0.3 is 4.90 Å². The summed E-state index contributed by atoms with van der Waals surface area (Å²) < 4.78 is 24.8. The molecule has 0 bridgehead atoms. The molecular weight excluding hydrogens is 376 g/mol. The summed E-state index contributed by atoms with van der Waals surface area (Å²) in [4.78, 5) is 29.0. The van der Waals surface area contributed by atoms with Crippen LogP contribution in [-0.2, 0) is 9.84 Å². The third-order valence-corrected chi connectivity index (χ3v) is 6.49. The molecule has 6 nitrogen and oxygen atoms in total. The lowest BCUT2D eigenvalue weighted by atomic mass is 10.1. The van der Waals surface area contributed by atoms with Crippen LogP contribution in [0.25, 0.3) is 0 Å². The van der Waals surface area contributed by atoms with E-state index in [0.29, 0.717) is 11.1 Å². The number of anilines is 2. The molecule has 146 valence electrons. The van der Waals surface area contributed by atoms with Gasteiger partial charge in [-0.1, -0.05) is 25.0 Å². The van der Waals surface area contributed by atoms with Crippen LogP contribution in [-0.4, -0.2) is 39.6 Å². The average Bonchev–Trinajstić information content (AvgIpc) is 2.86. The van der Waals surface area contributed by atoms with Gasteiger partial charge >= 0.3 is 0 Å². The number of sulfone groups is 1. The molecule has 28 heavy (non-hydrogen) atoms. The first-order chi connectivity index (χ1) is 13.4. The molecular formula is C21H22N2O4S. The molecule has 0 aromatic heterocycles. The van der Waals surface area contributed by atoms with E-state index in [9.17, 15) is 18.0 Å². The molecule has 0 saturated carbocycles. The molecule has 1 saturated heterocycles. The number of hydrogen-bond acceptors (Lipinski definition) is 5. The Morgan fingerprint density at radius 1 is 0.821 bits per heavy atom. The van der Waals surface area contributed by atoms with Crippen molar-refractivity contribution in [3.05, 3.63) is 53.6 Å². The van der Waals surface area contributed by atoms with Crippen LogP contribution >= 0.6 is 0 Å². The molecule has 0 atom stereocenters. The fourth-order valence-electron chi connectivity index (χ4n) is 3.93. The number of nitrogens with zero attached hydrogens (tertiary/aromatic N) is 2. The fourth-order valence-corrected chi connectivity index (χ4v) is 4.77. The molecule has 4 rings (SSSR count). The molecule has 1 fully saturated rings. The quantitative estimate of drug-likeness (QED) is 0.742. The number of hydrogen-bond donors (Lipinski definition) is 0. The molecule has 2 amide bonds. The average molecular weight is 398 g/mol. The van der Waals surface area contributed by atoms with E-state index in [-0.39, 0.29) is 10.6 Å². The van der Waals surface area contributed by atoms with Crippen LogP contribution in [0.5, 0.6) is 0 Å². The van der Waals surface area contributed by atoms with Crippen LogP contribution in [0.2, 0.25) is 0 Å². The minimum Gasteiger partial charge on any atom is -0.371 e. The van der Waals surface area contributed by atoms with E-state index < -0.39 is 21.7 Å². The van der Waals surface area contributed by atoms with E-state index in [1.807, 2.05) is 0 Å². The fraction of sp³-hybridized carbons (Fsp3) is 0.333. The third-order valence-electron chi connectivity index (χ3n) is 5.35. The highest BCUT2D eigenvalue weighted by Crippen LogP contribution is 2.36. The van der Waals surface area contributed by atoms with Crippen molar-refractivity contribution in [2.75, 3.05) is 29.1 Å². The maximum atomic E-state index is 12.9. The summed E-state index contributed by atoms with van der Waals surface area (Å²) in [5.74, 6) is -0.975. The molecule has 0 spiro atoms. The van der Waals surface area contributed by atoms with Crippen LogP contribution in [0, 0.1) is 0 Å². The topological polar surface area (TPSA) is 74.8 Å². The Morgan fingerprint density at radius 3 is 1.93 bits per heavy atom. The first kappa shape index (κ1) is 18.7. The minimum absolute atomic E-state index is 0.0134. The van der Waals surface area contributed by atoms with Crippen LogP contribution in [0.1, 0.15) is 46.4 Å². The summed E-state index contributed by atoms with van der Waals surface area (Å²) in [6.07, 6.45) is 5.56. The van der Waals surface area contributed by atoms with E-state index in [1.54, 1.807) is 36.4 Å². The van der Waals surface area contributed by atoms with Crippen molar-refractivity contribution in [1.82, 2.24) is 0 Å². The third kappa shape index (κ3) is 3.20. The number of rotatable bonds is 3. The second-order valence-corrected chi connectivity index (χ2v) is 9.30. The molecule has 2 aliphatic rings. The van der Waals surface area contributed by atoms with Crippen LogP contribution in [0.3, 0.4) is 0 Å². The SMILES string of the molecule is CS(=O)(=O)c1ccc(N2CCCCCC2)cc1N1C(=O)c2ccccc2C1=O. The zero-order chi connectivity index (χ0) is 19.9. The lowest BCUT2D eigenvalue weighted by Crippen LogP contribution is -2.31. The molecule has 2 aromatic rings. The Kier molecular flexibility index (Phi) is 4.71. The molecule has 0 unspecified atom stereocenters. The minimum atomic E-state index is -3.62. The predicted molar refractivity (Wildman–Crippen MR) is 108 cm³/mol. The van der Waals surface area contributed by atoms with Gasteiger partial charge in [0.25, 0.3) is 11.8 Å². The Hall–Kier alpha value is -2.67. The molecule has 2 aromatic carbocycles. The van der Waals surface area contributed by atoms with Crippen molar-refractivity contribution in [3.63, 3.8) is 0 Å². The van der Waals surface area contributed by atoms with E-state index in [0.717, 1.165) is 42.8 Å². The summed E-state index contributed by atoms with van der Waals surface area (Å²) >= 11 is 0. The van der Waals surface area contributed by atoms with Gasteiger partial charge in [0, 0.05) is 25.0 Å². The van der Waals surface area contributed by atoms with Crippen molar-refractivity contribution < 1.29 is 18.0 Å². The van der Waals surface area contributed by atoms with Gasteiger partial charge in [-0.25, -0.2) is 13.3 Å². The highest BCUT2D eigenvalue weighted by Gasteiger charge is 2.38. The molecule has 7 heteroatoms. The summed E-state index contributed by atoms with van der Waals surface area (Å²) in [7, 11) is -3.62. The first-order valence-corrected chi connectivity index (χ1v) is 11.3. The molecule has 0 aliphatic carbocycles. The van der Waals surface area contributed by atoms with Crippen LogP contribution < -0.4 is 9.80 Å². The molecule has 2 heterocycles. The largest absolute Gasteiger partial charge is 0.371 e. The van der Waals surface area contributed by atoms with Crippen molar-refractivity contribution in [2.45, 2.75) is 30.6 Å². The summed E-state index contributed by atoms with van der Waals surface area (Å²) in [6.45, 7) is 1.75. The summed E-state index contributed by atoms with van der Waals surface area (Å²) in [5.41, 5.74) is 1.57. The Balaban J connectivity index is 1.84. The summed E-state index contributed by atoms with van der Waals surface area (Å²) in [5, 5.41) is 0. The number of carbonyl (C=O) groups excluding carboxylic acids is 2. The lowest BCUT2D eigenvalue weighted by Gasteiger charge is -2.25. The van der Waals surface area contributed by atoms with E-state index in [4.69, 9.17) is 0 Å². The highest BCUT2D eigenvalue weighted by molar-refractivity contribution is 7.90. The van der Waals surface area contributed by atoms with Crippen LogP contribution in [0.4, 0.5) is 11.4 Å². The van der Waals surface area contributed by atoms with Gasteiger partial charge in [-0.3, -0.25) is 9.59 Å². The zero-order valence-corrected chi connectivity index (χ0v) is 16.5. The Bertz CT molecular complexity index is 1020. The zero-order valence-electron chi connectivity index (χ0n) is 15.7. The maximum Gasteiger partial charge on any atom is 0.266 e. The van der Waals surface area contributed by atoms with Crippen molar-refractivity contribution in [1.29, 1.82) is 0 Å². The second kappa shape index (κ2) is 7.05. The van der Waals surface area contributed by atoms with Gasteiger partial charge in [-0.15, -0.1) is 0 Å². The van der Waals surface area contributed by atoms with E-state index in [2.05, 4.69) is 4.90 Å². The van der Waals surface area contributed by atoms with Gasteiger partial charge in [0.1, 0.15) is 0 Å². The number of fused-ring (bicyclic) bond motifs is 1. The van der Waals surface area contributed by atoms with Crippen molar-refractivity contribution in [3.8, 4) is 0 Å². The Morgan fingerprint density at radius 2 is 1.39 bits per heavy atom. The number of benzene rings is 2. The molecule has 2 aliphatic heterocycles. The second-order valence-electron chi connectivity index (χ2n) is 7.32. The standard InChI is InChI=1S/C21H22N2O4S/c1-28(26,27)19-11-10-15(22-12-6-2-3-7-13-22)14-18(19)23-20(24)16-8-4-5-9-17(16)21(23)25/h4-5,8-11,14H,2-3,6-7,12-13H2,1H3. The van der Waals surface area contributed by atoms with Gasteiger partial charge in [-0.2, -0.15) is 0 Å². The highest BCUT2D eigenvalue weighted by atomic mass is 32.2. The number of imide groups is 1. The normalized spacial score (nSPS) is 17.6. The maximum absolute atomic E-state index is 12.9. The Labute approximate surface area is 164 Å². The molecule has 0 radical (unpaired) electrons. The van der Waals surface area contributed by atoms with Crippen molar-refractivity contribution in [2.24, 2.45) is 0 Å². The van der Waals surface area contributed by atoms with Gasteiger partial charge in [-0.05, 0) is 43.2 Å². The smallest absolute Gasteiger partial charge is 0.266 e. The van der Waals surface area contributed by atoms with Gasteiger partial charge in [0.15, 0.2) is 9.84 Å². The van der Waals surface area contributed by atoms with Crippen molar-refractivity contribution >= 4 is 33.0 Å². The van der Waals surface area contributed by atoms with E-state index in [1.165, 1.54) is 18.9 Å². The van der Waals surface area contributed by atoms with E-state index >= 15 is 0 Å². The number of carbonyl (C=O) groups is 2. The lowest BCUT2D eigenvalue weighted by molar-refractivity contribution is 0.0925. The predicted octanol–water partition coefficient (Wildman–Crippen LogP) is 3.27. The monoisotopic (exact) mass is 398 g/mol. The van der Waals surface area contributed by atoms with Crippen LogP contribution in [0.15, 0.2) is 47.4 Å². The van der Waals surface area contributed by atoms with Gasteiger partial charge in [0.05, 0.1) is 21.7 Å². The number of amides is 2. The van der Waals surface area contributed by atoms with Gasteiger partial charge in [0.2, 0.25) is 0 Å².